The van der Waals surface area contributed by atoms with Crippen molar-refractivity contribution in [2.75, 3.05) is 13.1 Å². The third-order valence-electron chi connectivity index (χ3n) is 5.78. The molecule has 0 N–H and O–H groups in total. The van der Waals surface area contributed by atoms with Crippen LogP contribution in [0.2, 0.25) is 5.02 Å². The number of nitrogens with zero attached hydrogens (tertiary/aromatic N) is 2. The van der Waals surface area contributed by atoms with E-state index in [9.17, 15) is 4.79 Å². The number of halogens is 1. The van der Waals surface area contributed by atoms with Crippen LogP contribution in [0.25, 0.3) is 5.57 Å². The number of aromatic nitrogens is 1. The van der Waals surface area contributed by atoms with Crippen LogP contribution >= 0.6 is 11.6 Å². The lowest BCUT2D eigenvalue weighted by atomic mass is 9.88. The highest BCUT2D eigenvalue weighted by Crippen LogP contribution is 2.38. The van der Waals surface area contributed by atoms with E-state index in [4.69, 9.17) is 16.6 Å². The van der Waals surface area contributed by atoms with Crippen molar-refractivity contribution in [3.63, 3.8) is 0 Å². The van der Waals surface area contributed by atoms with Gasteiger partial charge in [0.05, 0.1) is 5.69 Å². The molecule has 0 atom stereocenters. The normalized spacial score (nSPS) is 16.6. The molecule has 1 aromatic carbocycles. The molecule has 1 saturated heterocycles. The van der Waals surface area contributed by atoms with Gasteiger partial charge in [-0.2, -0.15) is 0 Å². The van der Waals surface area contributed by atoms with E-state index in [1.165, 1.54) is 27.8 Å². The van der Waals surface area contributed by atoms with Crippen LogP contribution in [-0.4, -0.2) is 28.9 Å². The lowest BCUT2D eigenvalue weighted by Gasteiger charge is -2.31. The summed E-state index contributed by atoms with van der Waals surface area (Å²) in [7, 11) is 0. The molecular formula is C24H27ClN2O. The molecular weight excluding hydrogens is 368 g/mol. The second kappa shape index (κ2) is 8.08. The van der Waals surface area contributed by atoms with Crippen molar-refractivity contribution in [2.45, 2.75) is 46.0 Å². The number of piperidine rings is 1. The minimum absolute atomic E-state index is 0.283. The summed E-state index contributed by atoms with van der Waals surface area (Å²) in [6, 6.07) is 10.5. The number of carbonyl (C=O) groups is 1. The molecule has 2 aliphatic rings. The van der Waals surface area contributed by atoms with E-state index in [0.29, 0.717) is 12.3 Å². The lowest BCUT2D eigenvalue weighted by molar-refractivity contribution is -0.132. The van der Waals surface area contributed by atoms with Crippen molar-refractivity contribution in [3.8, 4) is 0 Å². The molecule has 4 heteroatoms. The van der Waals surface area contributed by atoms with Crippen LogP contribution in [-0.2, 0) is 17.6 Å². The summed E-state index contributed by atoms with van der Waals surface area (Å²) in [6.07, 6.45) is 6.31. The highest BCUT2D eigenvalue weighted by molar-refractivity contribution is 6.30. The highest BCUT2D eigenvalue weighted by Gasteiger charge is 2.26. The maximum atomic E-state index is 12.5. The number of carbonyl (C=O) groups excluding carboxylic acids is 1. The molecule has 2 aromatic rings. The van der Waals surface area contributed by atoms with Crippen LogP contribution in [0.1, 0.15) is 55.5 Å². The monoisotopic (exact) mass is 394 g/mol. The Morgan fingerprint density at radius 2 is 1.86 bits per heavy atom. The number of benzene rings is 1. The first kappa shape index (κ1) is 19.2. The second-order valence-corrected chi connectivity index (χ2v) is 8.71. The molecule has 1 aliphatic carbocycles. The van der Waals surface area contributed by atoms with Crippen molar-refractivity contribution < 1.29 is 4.79 Å². The minimum Gasteiger partial charge on any atom is -0.342 e. The van der Waals surface area contributed by atoms with E-state index in [1.54, 1.807) is 0 Å². The van der Waals surface area contributed by atoms with Gasteiger partial charge in [0.25, 0.3) is 0 Å². The molecule has 146 valence electrons. The maximum Gasteiger partial charge on any atom is 0.222 e. The Balaban J connectivity index is 1.72. The third kappa shape index (κ3) is 3.86. The molecule has 28 heavy (non-hydrogen) atoms. The van der Waals surface area contributed by atoms with Crippen LogP contribution in [0.3, 0.4) is 0 Å². The molecule has 4 rings (SSSR count). The minimum atomic E-state index is 0.283. The summed E-state index contributed by atoms with van der Waals surface area (Å²) < 4.78 is 0. The Labute approximate surface area is 172 Å². The zero-order valence-corrected chi connectivity index (χ0v) is 17.4. The molecule has 1 aromatic heterocycles. The van der Waals surface area contributed by atoms with Crippen molar-refractivity contribution in [2.24, 2.45) is 5.92 Å². The number of rotatable bonds is 2. The van der Waals surface area contributed by atoms with Crippen LogP contribution in [0.15, 0.2) is 42.1 Å². The van der Waals surface area contributed by atoms with Gasteiger partial charge in [0.15, 0.2) is 0 Å². The fourth-order valence-electron chi connectivity index (χ4n) is 4.39. The Bertz CT molecular complexity index is 922. The smallest absolute Gasteiger partial charge is 0.222 e. The summed E-state index contributed by atoms with van der Waals surface area (Å²) in [4.78, 5) is 19.3. The molecule has 0 bridgehead atoms. The first-order valence-corrected chi connectivity index (χ1v) is 10.6. The first-order chi connectivity index (χ1) is 13.5. The number of amides is 1. The van der Waals surface area contributed by atoms with E-state index in [-0.39, 0.29) is 5.91 Å². The van der Waals surface area contributed by atoms with Gasteiger partial charge >= 0.3 is 0 Å². The van der Waals surface area contributed by atoms with Gasteiger partial charge in [-0.1, -0.05) is 43.2 Å². The number of pyridine rings is 1. The molecule has 0 radical (unpaired) electrons. The van der Waals surface area contributed by atoms with E-state index in [1.807, 2.05) is 23.2 Å². The Hall–Kier alpha value is -2.13. The van der Waals surface area contributed by atoms with Gasteiger partial charge in [-0.15, -0.1) is 0 Å². The van der Waals surface area contributed by atoms with Crippen molar-refractivity contribution in [1.29, 1.82) is 0 Å². The van der Waals surface area contributed by atoms with Crippen LogP contribution in [0, 0.1) is 5.92 Å². The van der Waals surface area contributed by atoms with E-state index < -0.39 is 0 Å². The second-order valence-electron chi connectivity index (χ2n) is 8.27. The summed E-state index contributed by atoms with van der Waals surface area (Å²) in [5.41, 5.74) is 7.66. The van der Waals surface area contributed by atoms with Crippen LogP contribution < -0.4 is 0 Å². The first-order valence-electron chi connectivity index (χ1n) is 10.3. The number of likely N-dealkylation sites (tertiary alicyclic amines) is 1. The maximum absolute atomic E-state index is 12.5. The fourth-order valence-corrected chi connectivity index (χ4v) is 4.58. The van der Waals surface area contributed by atoms with Gasteiger partial charge < -0.3 is 4.90 Å². The zero-order chi connectivity index (χ0) is 19.7. The Morgan fingerprint density at radius 3 is 2.61 bits per heavy atom. The molecule has 0 spiro atoms. The summed E-state index contributed by atoms with van der Waals surface area (Å²) in [6.45, 7) is 5.81. The van der Waals surface area contributed by atoms with Crippen molar-refractivity contribution in [3.05, 3.63) is 69.5 Å². The molecule has 1 amide bonds. The molecule has 0 unspecified atom stereocenters. The average molecular weight is 395 g/mol. The van der Waals surface area contributed by atoms with E-state index in [0.717, 1.165) is 49.5 Å². The molecule has 0 saturated carbocycles. The quantitative estimate of drug-likeness (QED) is 0.692. The molecule has 3 nitrogen and oxygen atoms in total. The zero-order valence-electron chi connectivity index (χ0n) is 16.7. The predicted octanol–water partition coefficient (Wildman–Crippen LogP) is 5.30. The number of hydrogen-bond acceptors (Lipinski definition) is 2. The Kier molecular flexibility index (Phi) is 5.54. The molecule has 1 aliphatic heterocycles. The predicted molar refractivity (Wildman–Crippen MR) is 114 cm³/mol. The largest absolute Gasteiger partial charge is 0.342 e. The lowest BCUT2D eigenvalue weighted by Crippen LogP contribution is -2.37. The van der Waals surface area contributed by atoms with Gasteiger partial charge in [0, 0.05) is 36.3 Å². The summed E-state index contributed by atoms with van der Waals surface area (Å²) >= 11 is 6.29. The topological polar surface area (TPSA) is 33.2 Å². The average Bonchev–Trinajstić information content (AvgIpc) is 2.84. The standard InChI is InChI=1S/C24H27ClN2O/c1-16(2)14-22(28)27-12-9-17(10-13-27)23-21-8-7-20(25)15-19(21)6-5-18-4-3-11-26-24(18)23/h3-4,7-8,11,15-16H,5-6,9-10,12-14H2,1-2H3. The van der Waals surface area contributed by atoms with Crippen LogP contribution in [0.5, 0.6) is 0 Å². The fraction of sp³-hybridized carbons (Fsp3) is 0.417. The third-order valence-corrected chi connectivity index (χ3v) is 6.02. The van der Waals surface area contributed by atoms with Gasteiger partial charge in [-0.05, 0) is 66.5 Å². The van der Waals surface area contributed by atoms with Gasteiger partial charge in [-0.3, -0.25) is 9.78 Å². The van der Waals surface area contributed by atoms with Gasteiger partial charge in [-0.25, -0.2) is 0 Å². The van der Waals surface area contributed by atoms with Crippen molar-refractivity contribution >= 4 is 23.1 Å². The molecule has 1 fully saturated rings. The Morgan fingerprint density at radius 1 is 1.11 bits per heavy atom. The molecule has 2 heterocycles. The number of aryl methyl sites for hydroxylation is 2. The highest BCUT2D eigenvalue weighted by atomic mass is 35.5. The van der Waals surface area contributed by atoms with Gasteiger partial charge in [0.2, 0.25) is 5.91 Å². The van der Waals surface area contributed by atoms with Crippen LogP contribution in [0.4, 0.5) is 0 Å². The van der Waals surface area contributed by atoms with E-state index >= 15 is 0 Å². The number of hydrogen-bond donors (Lipinski definition) is 0. The SMILES string of the molecule is CC(C)CC(=O)N1CCC(=C2c3ccc(Cl)cc3CCc3cccnc32)CC1. The van der Waals surface area contributed by atoms with Gasteiger partial charge in [0.1, 0.15) is 0 Å². The summed E-state index contributed by atoms with van der Waals surface area (Å²) in [5, 5.41) is 0.788. The number of fused-ring (bicyclic) bond motifs is 2. The van der Waals surface area contributed by atoms with E-state index in [2.05, 4.69) is 32.0 Å². The summed E-state index contributed by atoms with van der Waals surface area (Å²) in [5.74, 6) is 0.687. The van der Waals surface area contributed by atoms with Crippen molar-refractivity contribution in [1.82, 2.24) is 9.88 Å².